The van der Waals surface area contributed by atoms with Crippen LogP contribution in [-0.2, 0) is 18.0 Å². The highest BCUT2D eigenvalue weighted by atomic mass is 19.1. The summed E-state index contributed by atoms with van der Waals surface area (Å²) in [5.41, 5.74) is -0.00159. The second-order valence-electron chi connectivity index (χ2n) is 5.46. The standard InChI is InChI=1S/C14H20FNO4/c1-14(2,3)16-12(19)8-20-13-9(6-17)4-11(15)5-10(13)7-18/h4-5,17-18H,6-8H2,1-3H3,(H,16,19). The van der Waals surface area contributed by atoms with E-state index in [1.807, 2.05) is 20.8 Å². The van der Waals surface area contributed by atoms with Crippen molar-refractivity contribution in [2.24, 2.45) is 0 Å². The zero-order valence-electron chi connectivity index (χ0n) is 11.9. The highest BCUT2D eigenvalue weighted by Gasteiger charge is 2.16. The first kappa shape index (κ1) is 16.4. The van der Waals surface area contributed by atoms with Gasteiger partial charge in [-0.15, -0.1) is 0 Å². The number of nitrogens with one attached hydrogen (secondary N) is 1. The monoisotopic (exact) mass is 285 g/mol. The van der Waals surface area contributed by atoms with Crippen LogP contribution in [0.2, 0.25) is 0 Å². The summed E-state index contributed by atoms with van der Waals surface area (Å²) in [7, 11) is 0. The molecule has 3 N–H and O–H groups in total. The minimum atomic E-state index is -0.579. The summed E-state index contributed by atoms with van der Waals surface area (Å²) in [6.07, 6.45) is 0. The third-order valence-electron chi connectivity index (χ3n) is 2.41. The van der Waals surface area contributed by atoms with Gasteiger partial charge < -0.3 is 20.3 Å². The molecule has 0 spiro atoms. The number of aliphatic hydroxyl groups excluding tert-OH is 2. The van der Waals surface area contributed by atoms with Crippen LogP contribution in [0.3, 0.4) is 0 Å². The number of hydrogen-bond donors (Lipinski definition) is 3. The van der Waals surface area contributed by atoms with E-state index < -0.39 is 19.0 Å². The Bertz CT molecular complexity index is 458. The van der Waals surface area contributed by atoms with Gasteiger partial charge in [0.15, 0.2) is 6.61 Å². The third-order valence-corrected chi connectivity index (χ3v) is 2.41. The fraction of sp³-hybridized carbons (Fsp3) is 0.500. The van der Waals surface area contributed by atoms with E-state index in [1.165, 1.54) is 0 Å². The van der Waals surface area contributed by atoms with Crippen LogP contribution < -0.4 is 10.1 Å². The van der Waals surface area contributed by atoms with Crippen molar-refractivity contribution in [2.45, 2.75) is 39.5 Å². The number of halogens is 1. The van der Waals surface area contributed by atoms with Crippen LogP contribution in [0.5, 0.6) is 5.75 Å². The number of ether oxygens (including phenoxy) is 1. The molecule has 1 rings (SSSR count). The van der Waals surface area contributed by atoms with E-state index in [1.54, 1.807) is 0 Å². The highest BCUT2D eigenvalue weighted by Crippen LogP contribution is 2.26. The predicted octanol–water partition coefficient (Wildman–Crippen LogP) is 1.10. The maximum Gasteiger partial charge on any atom is 0.258 e. The molecular formula is C14H20FNO4. The van der Waals surface area contributed by atoms with Crippen molar-refractivity contribution in [1.82, 2.24) is 5.32 Å². The lowest BCUT2D eigenvalue weighted by Crippen LogP contribution is -2.43. The van der Waals surface area contributed by atoms with Gasteiger partial charge in [-0.2, -0.15) is 0 Å². The summed E-state index contributed by atoms with van der Waals surface area (Å²) >= 11 is 0. The largest absolute Gasteiger partial charge is 0.483 e. The molecule has 0 aromatic heterocycles. The van der Waals surface area contributed by atoms with Crippen molar-refractivity contribution < 1.29 is 24.1 Å². The SMILES string of the molecule is CC(C)(C)NC(=O)COc1c(CO)cc(F)cc1CO. The van der Waals surface area contributed by atoms with Crippen LogP contribution in [0.25, 0.3) is 0 Å². The van der Waals surface area contributed by atoms with Gasteiger partial charge in [0.1, 0.15) is 11.6 Å². The molecule has 0 aliphatic heterocycles. The Balaban J connectivity index is 2.84. The molecule has 6 heteroatoms. The molecule has 0 saturated heterocycles. The fourth-order valence-electron chi connectivity index (χ4n) is 1.72. The topological polar surface area (TPSA) is 78.8 Å². The van der Waals surface area contributed by atoms with Crippen LogP contribution in [0.15, 0.2) is 12.1 Å². The average Bonchev–Trinajstić information content (AvgIpc) is 2.33. The molecule has 112 valence electrons. The van der Waals surface area contributed by atoms with E-state index in [2.05, 4.69) is 5.32 Å². The molecule has 1 aromatic carbocycles. The van der Waals surface area contributed by atoms with Crippen LogP contribution in [-0.4, -0.2) is 28.3 Å². The molecule has 0 fully saturated rings. The molecule has 0 aliphatic rings. The van der Waals surface area contributed by atoms with Crippen molar-refractivity contribution in [2.75, 3.05) is 6.61 Å². The molecule has 0 unspecified atom stereocenters. The summed E-state index contributed by atoms with van der Waals surface area (Å²) in [5.74, 6) is -0.778. The van der Waals surface area contributed by atoms with Gasteiger partial charge in [-0.1, -0.05) is 0 Å². The Labute approximate surface area is 117 Å². The van der Waals surface area contributed by atoms with Gasteiger partial charge in [0.25, 0.3) is 5.91 Å². The van der Waals surface area contributed by atoms with Crippen molar-refractivity contribution in [1.29, 1.82) is 0 Å². The number of aliphatic hydroxyl groups is 2. The van der Waals surface area contributed by atoms with E-state index >= 15 is 0 Å². The number of hydrogen-bond acceptors (Lipinski definition) is 4. The Morgan fingerprint density at radius 2 is 1.75 bits per heavy atom. The molecule has 5 nitrogen and oxygen atoms in total. The predicted molar refractivity (Wildman–Crippen MR) is 71.6 cm³/mol. The Morgan fingerprint density at radius 1 is 1.25 bits per heavy atom. The number of carbonyl (C=O) groups is 1. The van der Waals surface area contributed by atoms with Crippen LogP contribution in [0.4, 0.5) is 4.39 Å². The molecule has 0 heterocycles. The van der Waals surface area contributed by atoms with Gasteiger partial charge >= 0.3 is 0 Å². The minimum absolute atomic E-state index is 0.139. The molecule has 0 aliphatic carbocycles. The lowest BCUT2D eigenvalue weighted by Gasteiger charge is -2.21. The molecule has 1 aromatic rings. The lowest BCUT2D eigenvalue weighted by atomic mass is 10.1. The molecule has 0 radical (unpaired) electrons. The number of benzene rings is 1. The van der Waals surface area contributed by atoms with Crippen LogP contribution in [0, 0.1) is 5.82 Å². The minimum Gasteiger partial charge on any atom is -0.483 e. The lowest BCUT2D eigenvalue weighted by molar-refractivity contribution is -0.124. The fourth-order valence-corrected chi connectivity index (χ4v) is 1.72. The average molecular weight is 285 g/mol. The van der Waals surface area contributed by atoms with Gasteiger partial charge in [-0.3, -0.25) is 4.79 Å². The smallest absolute Gasteiger partial charge is 0.258 e. The van der Waals surface area contributed by atoms with E-state index in [-0.39, 0.29) is 34.9 Å². The quantitative estimate of drug-likeness (QED) is 0.757. The van der Waals surface area contributed by atoms with Crippen molar-refractivity contribution >= 4 is 5.91 Å². The first-order chi connectivity index (χ1) is 9.26. The van der Waals surface area contributed by atoms with Crippen molar-refractivity contribution in [3.63, 3.8) is 0 Å². The molecule has 0 bridgehead atoms. The summed E-state index contributed by atoms with van der Waals surface area (Å²) in [4.78, 5) is 11.7. The number of rotatable bonds is 5. The summed E-state index contributed by atoms with van der Waals surface area (Å²) in [5, 5.41) is 21.1. The van der Waals surface area contributed by atoms with E-state index in [9.17, 15) is 19.4 Å². The van der Waals surface area contributed by atoms with Crippen molar-refractivity contribution in [3.05, 3.63) is 29.1 Å². The normalized spacial score (nSPS) is 11.3. The maximum absolute atomic E-state index is 13.2. The van der Waals surface area contributed by atoms with Gasteiger partial charge in [0.2, 0.25) is 0 Å². The Hall–Kier alpha value is -1.66. The Kier molecular flexibility index (Phi) is 5.47. The summed E-state index contributed by atoms with van der Waals surface area (Å²) in [6, 6.07) is 2.21. The molecule has 0 saturated carbocycles. The molecular weight excluding hydrogens is 265 g/mol. The number of amides is 1. The maximum atomic E-state index is 13.2. The van der Waals surface area contributed by atoms with Gasteiger partial charge in [0, 0.05) is 16.7 Å². The van der Waals surface area contributed by atoms with Gasteiger partial charge in [-0.25, -0.2) is 4.39 Å². The highest BCUT2D eigenvalue weighted by molar-refractivity contribution is 5.78. The molecule has 0 atom stereocenters. The van der Waals surface area contributed by atoms with Crippen LogP contribution >= 0.6 is 0 Å². The summed E-state index contributed by atoms with van der Waals surface area (Å²) < 4.78 is 18.6. The molecule has 20 heavy (non-hydrogen) atoms. The number of carbonyl (C=O) groups excluding carboxylic acids is 1. The second kappa shape index (κ2) is 6.67. The Morgan fingerprint density at radius 3 is 2.15 bits per heavy atom. The van der Waals surface area contributed by atoms with Crippen molar-refractivity contribution in [3.8, 4) is 5.75 Å². The third kappa shape index (κ3) is 4.79. The first-order valence-corrected chi connectivity index (χ1v) is 6.23. The first-order valence-electron chi connectivity index (χ1n) is 6.23. The zero-order chi connectivity index (χ0) is 15.3. The van der Waals surface area contributed by atoms with Gasteiger partial charge in [0.05, 0.1) is 13.2 Å². The molecule has 1 amide bonds. The van der Waals surface area contributed by atoms with Crippen LogP contribution in [0.1, 0.15) is 31.9 Å². The zero-order valence-corrected chi connectivity index (χ0v) is 11.9. The second-order valence-corrected chi connectivity index (χ2v) is 5.46. The van der Waals surface area contributed by atoms with Gasteiger partial charge in [-0.05, 0) is 32.9 Å². The van der Waals surface area contributed by atoms with E-state index in [0.717, 1.165) is 12.1 Å². The van der Waals surface area contributed by atoms with E-state index in [4.69, 9.17) is 4.74 Å². The van der Waals surface area contributed by atoms with E-state index in [0.29, 0.717) is 0 Å². The summed E-state index contributed by atoms with van der Waals surface area (Å²) in [6.45, 7) is 4.34.